The number of nitrogens with zero attached hydrogens (tertiary/aromatic N) is 3. The standard InChI is InChI=1S/C27H21FN6OS/c1-14(2)27(35)31-16-8-15(11-29-12-16)21-10-19-23(13-30-21)33-34-26(19)22-9-18-17(4-3-5-20(18)32-22)24-6-7-25(28)36-24/h3-14,32H,1-2H3,(H,31,35)(H,33,34). The highest BCUT2D eigenvalue weighted by atomic mass is 32.1. The van der Waals surface area contributed by atoms with E-state index >= 15 is 0 Å². The summed E-state index contributed by atoms with van der Waals surface area (Å²) in [6.07, 6.45) is 5.07. The number of pyridine rings is 2. The zero-order valence-corrected chi connectivity index (χ0v) is 20.3. The highest BCUT2D eigenvalue weighted by molar-refractivity contribution is 7.14. The molecule has 9 heteroatoms. The Balaban J connectivity index is 1.41. The van der Waals surface area contributed by atoms with Crippen LogP contribution < -0.4 is 5.32 Å². The lowest BCUT2D eigenvalue weighted by molar-refractivity contribution is -0.118. The molecule has 178 valence electrons. The summed E-state index contributed by atoms with van der Waals surface area (Å²) in [7, 11) is 0. The number of carbonyl (C=O) groups excluding carboxylic acids is 1. The summed E-state index contributed by atoms with van der Waals surface area (Å²) >= 11 is 1.13. The first-order valence-electron chi connectivity index (χ1n) is 11.4. The average Bonchev–Trinajstić information content (AvgIpc) is 3.61. The summed E-state index contributed by atoms with van der Waals surface area (Å²) in [6, 6.07) is 15.1. The number of amides is 1. The largest absolute Gasteiger partial charge is 0.353 e. The van der Waals surface area contributed by atoms with Gasteiger partial charge in [0.2, 0.25) is 5.91 Å². The van der Waals surface area contributed by atoms with Crippen LogP contribution in [0.15, 0.2) is 67.1 Å². The molecule has 5 aromatic heterocycles. The van der Waals surface area contributed by atoms with Gasteiger partial charge in [-0.2, -0.15) is 9.49 Å². The molecule has 0 aliphatic rings. The fraction of sp³-hybridized carbons (Fsp3) is 0.111. The Hall–Kier alpha value is -4.37. The van der Waals surface area contributed by atoms with E-state index in [-0.39, 0.29) is 17.0 Å². The van der Waals surface area contributed by atoms with Gasteiger partial charge in [-0.1, -0.05) is 26.0 Å². The maximum absolute atomic E-state index is 13.7. The van der Waals surface area contributed by atoms with Crippen molar-refractivity contribution in [2.75, 3.05) is 5.32 Å². The van der Waals surface area contributed by atoms with E-state index in [1.54, 1.807) is 24.7 Å². The topological polar surface area (TPSA) is 99.4 Å². The smallest absolute Gasteiger partial charge is 0.226 e. The molecular formula is C27H21FN6OS. The number of anilines is 1. The van der Waals surface area contributed by atoms with Crippen LogP contribution >= 0.6 is 11.3 Å². The second kappa shape index (κ2) is 8.69. The van der Waals surface area contributed by atoms with E-state index in [1.807, 2.05) is 50.2 Å². The van der Waals surface area contributed by atoms with E-state index in [0.29, 0.717) is 11.4 Å². The Labute approximate surface area is 209 Å². The molecule has 0 atom stereocenters. The number of nitrogens with one attached hydrogen (secondary N) is 3. The first-order valence-corrected chi connectivity index (χ1v) is 12.3. The van der Waals surface area contributed by atoms with Crippen LogP contribution in [0.3, 0.4) is 0 Å². The van der Waals surface area contributed by atoms with Crippen molar-refractivity contribution in [3.63, 3.8) is 0 Å². The van der Waals surface area contributed by atoms with Gasteiger partial charge in [0, 0.05) is 44.4 Å². The third kappa shape index (κ3) is 3.93. The van der Waals surface area contributed by atoms with Crippen LogP contribution in [0.4, 0.5) is 10.1 Å². The van der Waals surface area contributed by atoms with Crippen molar-refractivity contribution in [2.45, 2.75) is 13.8 Å². The minimum Gasteiger partial charge on any atom is -0.353 e. The van der Waals surface area contributed by atoms with Crippen LogP contribution in [0, 0.1) is 11.0 Å². The van der Waals surface area contributed by atoms with Crippen LogP contribution in [0.2, 0.25) is 0 Å². The van der Waals surface area contributed by atoms with Crippen molar-refractivity contribution in [1.29, 1.82) is 0 Å². The highest BCUT2D eigenvalue weighted by Crippen LogP contribution is 2.37. The van der Waals surface area contributed by atoms with Crippen molar-refractivity contribution in [1.82, 2.24) is 25.1 Å². The number of hydrogen-bond acceptors (Lipinski definition) is 5. The molecule has 6 rings (SSSR count). The number of H-pyrrole nitrogens is 2. The van der Waals surface area contributed by atoms with Gasteiger partial charge in [0.15, 0.2) is 5.13 Å². The lowest BCUT2D eigenvalue weighted by Crippen LogP contribution is -2.17. The maximum atomic E-state index is 13.7. The van der Waals surface area contributed by atoms with Crippen LogP contribution in [0.25, 0.3) is 54.9 Å². The number of thiophene rings is 1. The Morgan fingerprint density at radius 2 is 1.92 bits per heavy atom. The van der Waals surface area contributed by atoms with E-state index in [1.165, 1.54) is 6.07 Å². The van der Waals surface area contributed by atoms with E-state index < -0.39 is 0 Å². The first kappa shape index (κ1) is 22.1. The Morgan fingerprint density at radius 1 is 1.03 bits per heavy atom. The molecule has 0 saturated carbocycles. The number of benzene rings is 1. The zero-order chi connectivity index (χ0) is 24.8. The highest BCUT2D eigenvalue weighted by Gasteiger charge is 2.16. The minimum absolute atomic E-state index is 0.0713. The third-order valence-corrected chi connectivity index (χ3v) is 6.94. The first-order chi connectivity index (χ1) is 17.5. The molecule has 0 radical (unpaired) electrons. The van der Waals surface area contributed by atoms with Crippen LogP contribution in [0.5, 0.6) is 0 Å². The number of hydrogen-bond donors (Lipinski definition) is 3. The van der Waals surface area contributed by atoms with Crippen LogP contribution in [-0.4, -0.2) is 31.1 Å². The molecule has 0 saturated heterocycles. The van der Waals surface area contributed by atoms with E-state index in [4.69, 9.17) is 0 Å². The normalized spacial score (nSPS) is 11.6. The SMILES string of the molecule is CC(C)C(=O)Nc1cncc(-c2cc3c(-c4cc5c(-c6ccc(F)s6)cccc5[nH]4)n[nH]c3cn2)c1. The van der Waals surface area contributed by atoms with Crippen molar-refractivity contribution < 1.29 is 9.18 Å². The third-order valence-electron chi connectivity index (χ3n) is 6.03. The number of aromatic amines is 2. The molecule has 36 heavy (non-hydrogen) atoms. The van der Waals surface area contributed by atoms with E-state index in [9.17, 15) is 9.18 Å². The molecule has 0 unspecified atom stereocenters. The van der Waals surface area contributed by atoms with E-state index in [2.05, 4.69) is 30.5 Å². The number of rotatable bonds is 5. The monoisotopic (exact) mass is 496 g/mol. The Morgan fingerprint density at radius 3 is 2.72 bits per heavy atom. The average molecular weight is 497 g/mol. The molecular weight excluding hydrogens is 475 g/mol. The Kier molecular flexibility index (Phi) is 5.34. The van der Waals surface area contributed by atoms with Gasteiger partial charge < -0.3 is 10.3 Å². The van der Waals surface area contributed by atoms with Crippen molar-refractivity contribution in [2.24, 2.45) is 5.92 Å². The lowest BCUT2D eigenvalue weighted by Gasteiger charge is -2.08. The molecule has 7 nitrogen and oxygen atoms in total. The van der Waals surface area contributed by atoms with Gasteiger partial charge >= 0.3 is 0 Å². The van der Waals surface area contributed by atoms with Gasteiger partial charge in [0.1, 0.15) is 5.69 Å². The van der Waals surface area contributed by atoms with Gasteiger partial charge in [-0.05, 0) is 36.4 Å². The van der Waals surface area contributed by atoms with E-state index in [0.717, 1.165) is 60.5 Å². The second-order valence-electron chi connectivity index (χ2n) is 8.85. The van der Waals surface area contributed by atoms with Gasteiger partial charge in [-0.15, -0.1) is 11.3 Å². The lowest BCUT2D eigenvalue weighted by atomic mass is 10.1. The minimum atomic E-state index is -0.210. The number of halogens is 1. The molecule has 0 spiro atoms. The van der Waals surface area contributed by atoms with Crippen LogP contribution in [0.1, 0.15) is 13.8 Å². The quantitative estimate of drug-likeness (QED) is 0.249. The predicted molar refractivity (Wildman–Crippen MR) is 141 cm³/mol. The van der Waals surface area contributed by atoms with Gasteiger partial charge in [-0.3, -0.25) is 19.9 Å². The summed E-state index contributed by atoms with van der Waals surface area (Å²) in [5.74, 6) is -0.203. The Bertz CT molecular complexity index is 1750. The summed E-state index contributed by atoms with van der Waals surface area (Å²) in [6.45, 7) is 3.68. The summed E-state index contributed by atoms with van der Waals surface area (Å²) < 4.78 is 13.7. The fourth-order valence-corrected chi connectivity index (χ4v) is 4.94. The predicted octanol–water partition coefficient (Wildman–Crippen LogP) is 6.63. The molecule has 6 aromatic rings. The maximum Gasteiger partial charge on any atom is 0.226 e. The van der Waals surface area contributed by atoms with Crippen LogP contribution in [-0.2, 0) is 4.79 Å². The number of aromatic nitrogens is 5. The molecule has 1 amide bonds. The molecule has 0 bridgehead atoms. The molecule has 1 aromatic carbocycles. The zero-order valence-electron chi connectivity index (χ0n) is 19.5. The van der Waals surface area contributed by atoms with Crippen molar-refractivity contribution in [3.8, 4) is 33.1 Å². The number of fused-ring (bicyclic) bond motifs is 2. The summed E-state index contributed by atoms with van der Waals surface area (Å²) in [4.78, 5) is 25.3. The summed E-state index contributed by atoms with van der Waals surface area (Å²) in [5.41, 5.74) is 6.42. The van der Waals surface area contributed by atoms with Crippen molar-refractivity contribution in [3.05, 3.63) is 72.3 Å². The number of carbonyl (C=O) groups is 1. The summed E-state index contributed by atoms with van der Waals surface area (Å²) in [5, 5.41) is 12.2. The fourth-order valence-electron chi connectivity index (χ4n) is 4.17. The van der Waals surface area contributed by atoms with Gasteiger partial charge in [0.25, 0.3) is 0 Å². The molecule has 5 heterocycles. The second-order valence-corrected chi connectivity index (χ2v) is 9.88. The molecule has 0 aliphatic carbocycles. The van der Waals surface area contributed by atoms with Gasteiger partial charge in [0.05, 0.1) is 35.0 Å². The molecule has 3 N–H and O–H groups in total. The van der Waals surface area contributed by atoms with Crippen molar-refractivity contribution >= 4 is 44.7 Å². The van der Waals surface area contributed by atoms with Gasteiger partial charge in [-0.25, -0.2) is 0 Å². The molecule has 0 aliphatic heterocycles. The molecule has 0 fully saturated rings.